The molecule has 0 aromatic heterocycles. The van der Waals surface area contributed by atoms with Crippen molar-refractivity contribution in [3.05, 3.63) is 34.4 Å². The first-order valence-electron chi connectivity index (χ1n) is 7.22. The minimum Gasteiger partial charge on any atom is -0.353 e. The lowest BCUT2D eigenvalue weighted by Gasteiger charge is -2.25. The Labute approximate surface area is 153 Å². The Hall–Kier alpha value is -1.75. The number of nitro benzene ring substituents is 1. The second kappa shape index (κ2) is 9.09. The van der Waals surface area contributed by atoms with Crippen LogP contribution in [0.25, 0.3) is 0 Å². The van der Waals surface area contributed by atoms with Gasteiger partial charge in [-0.15, -0.1) is 12.4 Å². The molecule has 0 aliphatic carbocycles. The van der Waals surface area contributed by atoms with Crippen LogP contribution in [0.15, 0.2) is 29.2 Å². The number of carbonyl (C=O) groups is 1. The van der Waals surface area contributed by atoms with Crippen molar-refractivity contribution in [1.29, 1.82) is 0 Å². The van der Waals surface area contributed by atoms with Gasteiger partial charge in [0.05, 0.1) is 15.9 Å². The van der Waals surface area contributed by atoms with Crippen molar-refractivity contribution >= 4 is 34.0 Å². The van der Waals surface area contributed by atoms with Crippen LogP contribution in [0.5, 0.6) is 0 Å². The average molecular weight is 395 g/mol. The van der Waals surface area contributed by atoms with Gasteiger partial charge in [-0.2, -0.15) is 0 Å². The lowest BCUT2D eigenvalue weighted by Crippen LogP contribution is -2.49. The Morgan fingerprint density at radius 3 is 2.44 bits per heavy atom. The standard InChI is InChI=1S/C14H22N4O5S.ClH/c1-14(2,3)12(15)13(19)16-7-8-17-24(22,23)11-6-4-5-10(9-11)18(20)21;/h4-6,9,12,17H,7-8,15H2,1-3H3,(H,16,19);1H/t12-;/m1./s1. The molecule has 0 unspecified atom stereocenters. The SMILES string of the molecule is CC(C)(C)[C@H](N)C(=O)NCCNS(=O)(=O)c1cccc([N+](=O)[O-])c1.Cl. The molecule has 0 saturated heterocycles. The van der Waals surface area contributed by atoms with E-state index in [4.69, 9.17) is 5.73 Å². The number of nitro groups is 1. The highest BCUT2D eigenvalue weighted by molar-refractivity contribution is 7.89. The van der Waals surface area contributed by atoms with E-state index in [0.29, 0.717) is 0 Å². The first-order valence-corrected chi connectivity index (χ1v) is 8.71. The quantitative estimate of drug-likeness (QED) is 0.354. The topological polar surface area (TPSA) is 144 Å². The molecule has 1 amide bonds. The molecule has 1 aromatic carbocycles. The van der Waals surface area contributed by atoms with Crippen LogP contribution in [0.1, 0.15) is 20.8 Å². The zero-order valence-corrected chi connectivity index (χ0v) is 15.8. The van der Waals surface area contributed by atoms with E-state index in [1.165, 1.54) is 18.2 Å². The molecule has 0 fully saturated rings. The van der Waals surface area contributed by atoms with Crippen LogP contribution < -0.4 is 15.8 Å². The van der Waals surface area contributed by atoms with Gasteiger partial charge in [0.2, 0.25) is 15.9 Å². The fourth-order valence-electron chi connectivity index (χ4n) is 1.72. The number of sulfonamides is 1. The summed E-state index contributed by atoms with van der Waals surface area (Å²) in [4.78, 5) is 21.6. The van der Waals surface area contributed by atoms with Gasteiger partial charge in [-0.05, 0) is 11.5 Å². The van der Waals surface area contributed by atoms with Crippen LogP contribution in [0.4, 0.5) is 5.69 Å². The van der Waals surface area contributed by atoms with E-state index in [0.717, 1.165) is 6.07 Å². The highest BCUT2D eigenvalue weighted by Gasteiger charge is 2.27. The molecule has 25 heavy (non-hydrogen) atoms. The molecule has 1 rings (SSSR count). The monoisotopic (exact) mass is 394 g/mol. The minimum atomic E-state index is -3.90. The smallest absolute Gasteiger partial charge is 0.270 e. The van der Waals surface area contributed by atoms with Crippen molar-refractivity contribution in [1.82, 2.24) is 10.0 Å². The van der Waals surface area contributed by atoms with Gasteiger partial charge in [-0.25, -0.2) is 13.1 Å². The summed E-state index contributed by atoms with van der Waals surface area (Å²) >= 11 is 0. The molecule has 0 spiro atoms. The van der Waals surface area contributed by atoms with Gasteiger partial charge in [-0.3, -0.25) is 14.9 Å². The Balaban J connectivity index is 0.00000576. The van der Waals surface area contributed by atoms with Gasteiger partial charge in [0, 0.05) is 25.2 Å². The second-order valence-corrected chi connectivity index (χ2v) is 8.05. The first kappa shape index (κ1) is 23.2. The summed E-state index contributed by atoms with van der Waals surface area (Å²) < 4.78 is 26.4. The Kier molecular flexibility index (Phi) is 8.45. The molecule has 4 N–H and O–H groups in total. The Morgan fingerprint density at radius 1 is 1.32 bits per heavy atom. The first-order chi connectivity index (χ1) is 10.9. The number of benzene rings is 1. The molecule has 142 valence electrons. The lowest BCUT2D eigenvalue weighted by atomic mass is 9.87. The third-order valence-corrected chi connectivity index (χ3v) is 4.73. The van der Waals surface area contributed by atoms with Crippen molar-refractivity contribution in [3.8, 4) is 0 Å². The zero-order valence-electron chi connectivity index (χ0n) is 14.2. The van der Waals surface area contributed by atoms with Crippen LogP contribution in [0, 0.1) is 15.5 Å². The molecular formula is C14H23ClN4O5S. The van der Waals surface area contributed by atoms with Gasteiger partial charge >= 0.3 is 0 Å². The van der Waals surface area contributed by atoms with Crippen LogP contribution in [0.3, 0.4) is 0 Å². The van der Waals surface area contributed by atoms with Crippen LogP contribution in [0.2, 0.25) is 0 Å². The Morgan fingerprint density at radius 2 is 1.92 bits per heavy atom. The molecule has 1 aromatic rings. The number of nitrogens with zero attached hydrogens (tertiary/aromatic N) is 1. The summed E-state index contributed by atoms with van der Waals surface area (Å²) in [5, 5.41) is 13.2. The van der Waals surface area contributed by atoms with Gasteiger partial charge in [0.15, 0.2) is 0 Å². The van der Waals surface area contributed by atoms with Gasteiger partial charge in [0.25, 0.3) is 5.69 Å². The highest BCUT2D eigenvalue weighted by Crippen LogP contribution is 2.17. The number of non-ortho nitro benzene ring substituents is 1. The van der Waals surface area contributed by atoms with Crippen molar-refractivity contribution in [2.75, 3.05) is 13.1 Å². The molecule has 0 aliphatic heterocycles. The summed E-state index contributed by atoms with van der Waals surface area (Å²) in [7, 11) is -3.90. The van der Waals surface area contributed by atoms with E-state index < -0.39 is 26.4 Å². The minimum absolute atomic E-state index is 0. The lowest BCUT2D eigenvalue weighted by molar-refractivity contribution is -0.385. The van der Waals surface area contributed by atoms with Crippen LogP contribution in [-0.2, 0) is 14.8 Å². The van der Waals surface area contributed by atoms with Crippen molar-refractivity contribution in [3.63, 3.8) is 0 Å². The second-order valence-electron chi connectivity index (χ2n) is 6.29. The molecule has 0 bridgehead atoms. The summed E-state index contributed by atoms with van der Waals surface area (Å²) in [6.45, 7) is 5.46. The van der Waals surface area contributed by atoms with Crippen molar-refractivity contribution in [2.45, 2.75) is 31.7 Å². The molecule has 0 saturated carbocycles. The maximum absolute atomic E-state index is 12.1. The van der Waals surface area contributed by atoms with Crippen molar-refractivity contribution in [2.24, 2.45) is 11.1 Å². The predicted molar refractivity (Wildman–Crippen MR) is 96.0 cm³/mol. The molecule has 0 heterocycles. The van der Waals surface area contributed by atoms with Gasteiger partial charge in [-0.1, -0.05) is 26.8 Å². The maximum Gasteiger partial charge on any atom is 0.270 e. The third-order valence-electron chi connectivity index (χ3n) is 3.27. The Bertz CT molecular complexity index is 718. The molecular weight excluding hydrogens is 372 g/mol. The number of nitrogens with one attached hydrogen (secondary N) is 2. The number of amides is 1. The summed E-state index contributed by atoms with van der Waals surface area (Å²) in [5.41, 5.74) is 5.06. The van der Waals surface area contributed by atoms with E-state index in [1.54, 1.807) is 0 Å². The number of rotatable bonds is 7. The van der Waals surface area contributed by atoms with Crippen LogP contribution in [-0.4, -0.2) is 38.4 Å². The molecule has 11 heteroatoms. The number of nitrogens with two attached hydrogens (primary N) is 1. The number of hydrogen-bond acceptors (Lipinski definition) is 6. The number of hydrogen-bond donors (Lipinski definition) is 3. The van der Waals surface area contributed by atoms with E-state index in [1.807, 2.05) is 20.8 Å². The highest BCUT2D eigenvalue weighted by atomic mass is 35.5. The number of carbonyl (C=O) groups excluding carboxylic acids is 1. The van der Waals surface area contributed by atoms with E-state index in [-0.39, 0.29) is 42.0 Å². The summed E-state index contributed by atoms with van der Waals surface area (Å²) in [6.07, 6.45) is 0. The summed E-state index contributed by atoms with van der Waals surface area (Å²) in [6, 6.07) is 4.00. The fourth-order valence-corrected chi connectivity index (χ4v) is 2.79. The average Bonchev–Trinajstić information content (AvgIpc) is 2.49. The van der Waals surface area contributed by atoms with E-state index >= 15 is 0 Å². The van der Waals surface area contributed by atoms with E-state index in [2.05, 4.69) is 10.0 Å². The number of halogens is 1. The predicted octanol–water partition coefficient (Wildman–Crippen LogP) is 0.785. The van der Waals surface area contributed by atoms with Crippen molar-refractivity contribution < 1.29 is 18.1 Å². The molecule has 1 atom stereocenters. The molecule has 0 radical (unpaired) electrons. The molecule has 9 nitrogen and oxygen atoms in total. The normalized spacial score (nSPS) is 12.8. The third kappa shape index (κ3) is 6.94. The summed E-state index contributed by atoms with van der Waals surface area (Å²) in [5.74, 6) is -0.378. The van der Waals surface area contributed by atoms with Gasteiger partial charge in [0.1, 0.15) is 0 Å². The zero-order chi connectivity index (χ0) is 18.5. The van der Waals surface area contributed by atoms with Crippen LogP contribution >= 0.6 is 12.4 Å². The van der Waals surface area contributed by atoms with Gasteiger partial charge < -0.3 is 11.1 Å². The maximum atomic E-state index is 12.1. The molecule has 0 aliphatic rings. The fraction of sp³-hybridized carbons (Fsp3) is 0.500. The van der Waals surface area contributed by atoms with E-state index in [9.17, 15) is 23.3 Å². The largest absolute Gasteiger partial charge is 0.353 e.